The molecule has 0 saturated heterocycles. The van der Waals surface area contributed by atoms with E-state index in [2.05, 4.69) is 32.7 Å². The Hall–Kier alpha value is -2.88. The van der Waals surface area contributed by atoms with E-state index < -0.39 is 0 Å². The zero-order valence-electron chi connectivity index (χ0n) is 13.5. The number of thiazole rings is 1. The molecule has 5 aromatic rings. The van der Waals surface area contributed by atoms with E-state index in [9.17, 15) is 0 Å². The van der Waals surface area contributed by atoms with Gasteiger partial charge in [-0.1, -0.05) is 23.5 Å². The van der Waals surface area contributed by atoms with Gasteiger partial charge in [0.05, 0.1) is 15.1 Å². The number of hydrogen-bond acceptors (Lipinski definition) is 8. The van der Waals surface area contributed by atoms with Gasteiger partial charge >= 0.3 is 0 Å². The van der Waals surface area contributed by atoms with Gasteiger partial charge in [-0.05, 0) is 41.3 Å². The number of nitrogen functional groups attached to an aromatic ring is 1. The molecule has 7 nitrogen and oxygen atoms in total. The summed E-state index contributed by atoms with van der Waals surface area (Å²) in [4.78, 5) is 5.52. The van der Waals surface area contributed by atoms with Gasteiger partial charge in [-0.25, -0.2) is 10.8 Å². The molecule has 0 unspecified atom stereocenters. The van der Waals surface area contributed by atoms with Gasteiger partial charge in [-0.3, -0.25) is 5.43 Å². The molecule has 0 aliphatic carbocycles. The second-order valence-electron chi connectivity index (χ2n) is 5.72. The minimum atomic E-state index is 0.640. The van der Waals surface area contributed by atoms with E-state index in [1.54, 1.807) is 11.3 Å². The maximum absolute atomic E-state index is 5.45. The van der Waals surface area contributed by atoms with Crippen molar-refractivity contribution in [1.82, 2.24) is 24.8 Å². The molecule has 0 fully saturated rings. The molecule has 0 atom stereocenters. The van der Waals surface area contributed by atoms with Crippen molar-refractivity contribution in [3.8, 4) is 10.6 Å². The molecule has 0 amide bonds. The molecule has 0 radical (unpaired) electrons. The largest absolute Gasteiger partial charge is 0.300 e. The van der Waals surface area contributed by atoms with Crippen LogP contribution in [-0.4, -0.2) is 24.8 Å². The highest BCUT2D eigenvalue weighted by Gasteiger charge is 2.11. The fourth-order valence-electron chi connectivity index (χ4n) is 2.82. The Morgan fingerprint density at radius 3 is 2.92 bits per heavy atom. The molecule has 0 spiro atoms. The van der Waals surface area contributed by atoms with Gasteiger partial charge in [0.1, 0.15) is 5.69 Å². The highest BCUT2D eigenvalue weighted by Crippen LogP contribution is 2.27. The Labute approximate surface area is 156 Å². The maximum Gasteiger partial charge on any atom is 0.198 e. The average molecular weight is 379 g/mol. The summed E-state index contributed by atoms with van der Waals surface area (Å²) in [5.74, 6) is 6.25. The minimum Gasteiger partial charge on any atom is -0.300 e. The van der Waals surface area contributed by atoms with Gasteiger partial charge in [0, 0.05) is 6.42 Å². The Kier molecular flexibility index (Phi) is 3.63. The van der Waals surface area contributed by atoms with Crippen molar-refractivity contribution in [2.24, 2.45) is 5.84 Å². The number of nitrogens with two attached hydrogens (primary N) is 1. The van der Waals surface area contributed by atoms with Crippen molar-refractivity contribution < 1.29 is 0 Å². The van der Waals surface area contributed by atoms with Crippen molar-refractivity contribution in [1.29, 1.82) is 0 Å². The first-order valence-corrected chi connectivity index (χ1v) is 9.61. The summed E-state index contributed by atoms with van der Waals surface area (Å²) >= 11 is 3.19. The van der Waals surface area contributed by atoms with Gasteiger partial charge < -0.3 is 0 Å². The van der Waals surface area contributed by atoms with Crippen LogP contribution in [0, 0.1) is 0 Å². The molecule has 4 aromatic heterocycles. The molecule has 26 heavy (non-hydrogen) atoms. The topological polar surface area (TPSA) is 94.0 Å². The fourth-order valence-corrected chi connectivity index (χ4v) is 4.35. The van der Waals surface area contributed by atoms with E-state index in [-0.39, 0.29) is 0 Å². The van der Waals surface area contributed by atoms with Crippen LogP contribution in [0.15, 0.2) is 47.8 Å². The number of thiophene rings is 1. The van der Waals surface area contributed by atoms with E-state index in [1.807, 2.05) is 40.2 Å². The number of fused-ring (bicyclic) bond motifs is 2. The number of hydrogen-bond donors (Lipinski definition) is 2. The Morgan fingerprint density at radius 1 is 1.12 bits per heavy atom. The molecule has 5 rings (SSSR count). The monoisotopic (exact) mass is 379 g/mol. The van der Waals surface area contributed by atoms with E-state index in [0.29, 0.717) is 11.6 Å². The molecule has 1 aromatic carbocycles. The lowest BCUT2D eigenvalue weighted by atomic mass is 10.1. The third-order valence-electron chi connectivity index (χ3n) is 4.04. The third kappa shape index (κ3) is 2.62. The summed E-state index contributed by atoms with van der Waals surface area (Å²) < 4.78 is 2.90. The van der Waals surface area contributed by atoms with E-state index >= 15 is 0 Å². The normalized spacial score (nSPS) is 11.4. The Bertz CT molecular complexity index is 1210. The number of rotatable bonds is 4. The van der Waals surface area contributed by atoms with Crippen LogP contribution >= 0.6 is 22.7 Å². The summed E-state index contributed by atoms with van der Waals surface area (Å²) in [6.45, 7) is 0. The quantitative estimate of drug-likeness (QED) is 0.367. The zero-order chi connectivity index (χ0) is 17.5. The summed E-state index contributed by atoms with van der Waals surface area (Å²) in [5.41, 5.74) is 6.32. The molecule has 0 aliphatic heterocycles. The molecule has 0 saturated carbocycles. The standard InChI is InChI=1S/C17H13N7S2/c18-20-17-19-11-4-3-10(8-14(11)26-17)9-16-22-21-15-6-5-12(23-24(15)16)13-2-1-7-25-13/h1-8H,9,18H2,(H,19,20). The van der Waals surface area contributed by atoms with E-state index in [4.69, 9.17) is 10.9 Å². The highest BCUT2D eigenvalue weighted by atomic mass is 32.1. The number of nitrogens with zero attached hydrogens (tertiary/aromatic N) is 5. The van der Waals surface area contributed by atoms with Crippen LogP contribution in [-0.2, 0) is 6.42 Å². The molecule has 0 bridgehead atoms. The van der Waals surface area contributed by atoms with Gasteiger partial charge in [-0.2, -0.15) is 9.61 Å². The van der Waals surface area contributed by atoms with Crippen LogP contribution in [0.5, 0.6) is 0 Å². The fraction of sp³-hybridized carbons (Fsp3) is 0.0588. The molecular formula is C17H13N7S2. The SMILES string of the molecule is NNc1nc2ccc(Cc3nnc4ccc(-c5cccs5)nn34)cc2s1. The van der Waals surface area contributed by atoms with Crippen molar-refractivity contribution in [2.75, 3.05) is 5.43 Å². The summed E-state index contributed by atoms with van der Waals surface area (Å²) in [6.07, 6.45) is 0.640. The highest BCUT2D eigenvalue weighted by molar-refractivity contribution is 7.22. The number of benzene rings is 1. The average Bonchev–Trinajstić information content (AvgIpc) is 3.40. The lowest BCUT2D eigenvalue weighted by Crippen LogP contribution is -2.05. The number of nitrogens with one attached hydrogen (secondary N) is 1. The summed E-state index contributed by atoms with van der Waals surface area (Å²) in [7, 11) is 0. The van der Waals surface area contributed by atoms with Gasteiger partial charge in [-0.15, -0.1) is 21.5 Å². The molecule has 4 heterocycles. The van der Waals surface area contributed by atoms with Crippen LogP contribution < -0.4 is 11.3 Å². The van der Waals surface area contributed by atoms with Crippen molar-refractivity contribution in [3.63, 3.8) is 0 Å². The predicted molar refractivity (Wildman–Crippen MR) is 104 cm³/mol. The zero-order valence-corrected chi connectivity index (χ0v) is 15.1. The first-order chi connectivity index (χ1) is 12.8. The van der Waals surface area contributed by atoms with Crippen molar-refractivity contribution in [3.05, 3.63) is 59.2 Å². The van der Waals surface area contributed by atoms with Gasteiger partial charge in [0.25, 0.3) is 0 Å². The molecular weight excluding hydrogens is 366 g/mol. The molecule has 3 N–H and O–H groups in total. The lowest BCUT2D eigenvalue weighted by molar-refractivity contribution is 0.843. The first-order valence-electron chi connectivity index (χ1n) is 7.91. The first kappa shape index (κ1) is 15.4. The van der Waals surface area contributed by atoms with Gasteiger partial charge in [0.15, 0.2) is 16.6 Å². The Morgan fingerprint density at radius 2 is 2.08 bits per heavy atom. The predicted octanol–water partition coefficient (Wildman–Crippen LogP) is 3.34. The summed E-state index contributed by atoms with van der Waals surface area (Å²) in [5, 5.41) is 16.0. The second kappa shape index (κ2) is 6.13. The molecule has 128 valence electrons. The van der Waals surface area contributed by atoms with E-state index in [0.717, 1.165) is 37.8 Å². The number of aromatic nitrogens is 5. The van der Waals surface area contributed by atoms with E-state index in [1.165, 1.54) is 11.3 Å². The van der Waals surface area contributed by atoms with Crippen molar-refractivity contribution in [2.45, 2.75) is 6.42 Å². The lowest BCUT2D eigenvalue weighted by Gasteiger charge is -2.02. The maximum atomic E-state index is 5.45. The second-order valence-corrected chi connectivity index (χ2v) is 7.70. The Balaban J connectivity index is 1.53. The number of anilines is 1. The van der Waals surface area contributed by atoms with Crippen LogP contribution in [0.3, 0.4) is 0 Å². The molecule has 0 aliphatic rings. The summed E-state index contributed by atoms with van der Waals surface area (Å²) in [6, 6.07) is 14.2. The smallest absolute Gasteiger partial charge is 0.198 e. The van der Waals surface area contributed by atoms with Crippen LogP contribution in [0.1, 0.15) is 11.4 Å². The van der Waals surface area contributed by atoms with Crippen LogP contribution in [0.25, 0.3) is 26.4 Å². The third-order valence-corrected chi connectivity index (χ3v) is 5.88. The molecule has 9 heteroatoms. The van der Waals surface area contributed by atoms with Gasteiger partial charge in [0.2, 0.25) is 0 Å². The van der Waals surface area contributed by atoms with Crippen molar-refractivity contribution >= 4 is 43.7 Å². The number of hydrazine groups is 1. The van der Waals surface area contributed by atoms with Crippen LogP contribution in [0.4, 0.5) is 5.13 Å². The minimum absolute atomic E-state index is 0.640. The van der Waals surface area contributed by atoms with Crippen LogP contribution in [0.2, 0.25) is 0 Å².